The van der Waals surface area contributed by atoms with Crippen LogP contribution in [0.3, 0.4) is 0 Å². The van der Waals surface area contributed by atoms with Crippen molar-refractivity contribution in [2.75, 3.05) is 20.3 Å². The van der Waals surface area contributed by atoms with E-state index in [1.807, 2.05) is 18.2 Å². The fourth-order valence-electron chi connectivity index (χ4n) is 2.99. The van der Waals surface area contributed by atoms with Crippen molar-refractivity contribution in [3.05, 3.63) is 59.2 Å². The van der Waals surface area contributed by atoms with Crippen molar-refractivity contribution in [1.82, 2.24) is 0 Å². The van der Waals surface area contributed by atoms with Gasteiger partial charge < -0.3 is 14.2 Å². The van der Waals surface area contributed by atoms with E-state index in [0.29, 0.717) is 17.1 Å². The van der Waals surface area contributed by atoms with Crippen LogP contribution in [0.15, 0.2) is 42.5 Å². The lowest BCUT2D eigenvalue weighted by atomic mass is 9.90. The molecule has 0 bridgehead atoms. The molecule has 1 aliphatic carbocycles. The van der Waals surface area contributed by atoms with E-state index in [1.54, 1.807) is 31.4 Å². The van der Waals surface area contributed by atoms with Crippen molar-refractivity contribution in [1.29, 1.82) is 0 Å². The number of benzene rings is 2. The third-order valence-corrected chi connectivity index (χ3v) is 4.45. The fraction of sp³-hybridized carbons (Fsp3) is 0.333. The average Bonchev–Trinajstić information content (AvgIpc) is 2.70. The van der Waals surface area contributed by atoms with E-state index >= 15 is 0 Å². The first-order valence-electron chi connectivity index (χ1n) is 8.73. The highest BCUT2D eigenvalue weighted by Crippen LogP contribution is 2.22. The van der Waals surface area contributed by atoms with Crippen LogP contribution in [0.1, 0.15) is 34.3 Å². The SMILES string of the molecule is COc1ccc(OCC(=O)OCC(=O)c2ccc3c(c2)CCCC3)cc1. The second-order valence-corrected chi connectivity index (χ2v) is 6.24. The highest BCUT2D eigenvalue weighted by molar-refractivity contribution is 5.98. The van der Waals surface area contributed by atoms with Gasteiger partial charge in [0.2, 0.25) is 0 Å². The molecule has 0 spiro atoms. The smallest absolute Gasteiger partial charge is 0.344 e. The van der Waals surface area contributed by atoms with Gasteiger partial charge in [0, 0.05) is 5.56 Å². The number of ketones is 1. The van der Waals surface area contributed by atoms with Gasteiger partial charge in [-0.05, 0) is 67.1 Å². The van der Waals surface area contributed by atoms with Gasteiger partial charge in [-0.1, -0.05) is 12.1 Å². The first-order chi connectivity index (χ1) is 12.7. The lowest BCUT2D eigenvalue weighted by Crippen LogP contribution is -2.19. The maximum Gasteiger partial charge on any atom is 0.344 e. The number of methoxy groups -OCH3 is 1. The van der Waals surface area contributed by atoms with E-state index in [9.17, 15) is 9.59 Å². The number of aryl methyl sites for hydroxylation is 2. The normalized spacial score (nSPS) is 12.8. The second-order valence-electron chi connectivity index (χ2n) is 6.24. The number of carbonyl (C=O) groups is 2. The number of ether oxygens (including phenoxy) is 3. The summed E-state index contributed by atoms with van der Waals surface area (Å²) in [5, 5.41) is 0. The number of hydrogen-bond acceptors (Lipinski definition) is 5. The largest absolute Gasteiger partial charge is 0.497 e. The minimum atomic E-state index is -0.577. The number of Topliss-reactive ketones (excluding diaryl/α,β-unsaturated/α-hetero) is 1. The zero-order valence-corrected chi connectivity index (χ0v) is 14.8. The first kappa shape index (κ1) is 18.0. The molecule has 0 atom stereocenters. The monoisotopic (exact) mass is 354 g/mol. The summed E-state index contributed by atoms with van der Waals surface area (Å²) in [6, 6.07) is 12.6. The molecule has 0 aliphatic heterocycles. The van der Waals surface area contributed by atoms with E-state index < -0.39 is 5.97 Å². The molecule has 5 heteroatoms. The molecule has 0 saturated heterocycles. The molecular formula is C21H22O5. The summed E-state index contributed by atoms with van der Waals surface area (Å²) in [5.74, 6) is 0.461. The molecule has 136 valence electrons. The first-order valence-corrected chi connectivity index (χ1v) is 8.73. The molecule has 0 unspecified atom stereocenters. The van der Waals surface area contributed by atoms with Crippen LogP contribution < -0.4 is 9.47 Å². The van der Waals surface area contributed by atoms with Crippen molar-refractivity contribution in [2.24, 2.45) is 0 Å². The highest BCUT2D eigenvalue weighted by atomic mass is 16.6. The maximum absolute atomic E-state index is 12.2. The molecule has 0 radical (unpaired) electrons. The van der Waals surface area contributed by atoms with Gasteiger partial charge in [-0.15, -0.1) is 0 Å². The van der Waals surface area contributed by atoms with Crippen molar-refractivity contribution in [2.45, 2.75) is 25.7 Å². The zero-order valence-electron chi connectivity index (χ0n) is 14.8. The van der Waals surface area contributed by atoms with E-state index in [4.69, 9.17) is 14.2 Å². The molecule has 2 aromatic carbocycles. The second kappa shape index (κ2) is 8.52. The molecule has 2 aromatic rings. The molecule has 0 heterocycles. The van der Waals surface area contributed by atoms with Crippen LogP contribution in [0.2, 0.25) is 0 Å². The Labute approximate surface area is 152 Å². The van der Waals surface area contributed by atoms with Crippen molar-refractivity contribution in [3.63, 3.8) is 0 Å². The van der Waals surface area contributed by atoms with Crippen LogP contribution in [0, 0.1) is 0 Å². The Balaban J connectivity index is 1.47. The fourth-order valence-corrected chi connectivity index (χ4v) is 2.99. The molecule has 0 fully saturated rings. The molecule has 0 N–H and O–H groups in total. The quantitative estimate of drug-likeness (QED) is 0.563. The topological polar surface area (TPSA) is 61.8 Å². The van der Waals surface area contributed by atoms with Gasteiger partial charge in [-0.25, -0.2) is 4.79 Å². The average molecular weight is 354 g/mol. The number of esters is 1. The van der Waals surface area contributed by atoms with E-state index in [1.165, 1.54) is 17.5 Å². The Morgan fingerprint density at radius 3 is 2.31 bits per heavy atom. The minimum absolute atomic E-state index is 0.198. The third-order valence-electron chi connectivity index (χ3n) is 4.45. The maximum atomic E-state index is 12.2. The molecule has 0 saturated carbocycles. The van der Waals surface area contributed by atoms with Gasteiger partial charge in [0.1, 0.15) is 11.5 Å². The van der Waals surface area contributed by atoms with E-state index in [-0.39, 0.29) is 19.0 Å². The molecule has 5 nitrogen and oxygen atoms in total. The summed E-state index contributed by atoms with van der Waals surface area (Å²) < 4.78 is 15.4. The number of fused-ring (bicyclic) bond motifs is 1. The van der Waals surface area contributed by atoms with Crippen LogP contribution >= 0.6 is 0 Å². The van der Waals surface area contributed by atoms with Crippen LogP contribution in [0.25, 0.3) is 0 Å². The Morgan fingerprint density at radius 1 is 0.885 bits per heavy atom. The molecule has 3 rings (SSSR count). The molecule has 1 aliphatic rings. The summed E-state index contributed by atoms with van der Waals surface area (Å²) in [4.78, 5) is 24.0. The Kier molecular flexibility index (Phi) is 5.89. The molecular weight excluding hydrogens is 332 g/mol. The Morgan fingerprint density at radius 2 is 1.58 bits per heavy atom. The van der Waals surface area contributed by atoms with Crippen LogP contribution in [0.4, 0.5) is 0 Å². The molecule has 26 heavy (non-hydrogen) atoms. The standard InChI is InChI=1S/C21H22O5/c1-24-18-8-10-19(11-9-18)25-14-21(23)26-13-20(22)17-7-6-15-4-2-3-5-16(15)12-17/h6-12H,2-5,13-14H2,1H3. The zero-order chi connectivity index (χ0) is 18.4. The Hall–Kier alpha value is -2.82. The van der Waals surface area contributed by atoms with Gasteiger partial charge in [0.25, 0.3) is 0 Å². The third kappa shape index (κ3) is 4.63. The summed E-state index contributed by atoms with van der Waals surface area (Å²) in [7, 11) is 1.58. The summed E-state index contributed by atoms with van der Waals surface area (Å²) in [6.07, 6.45) is 4.43. The van der Waals surface area contributed by atoms with E-state index in [0.717, 1.165) is 19.3 Å². The lowest BCUT2D eigenvalue weighted by Gasteiger charge is -2.16. The minimum Gasteiger partial charge on any atom is -0.497 e. The van der Waals surface area contributed by atoms with Gasteiger partial charge in [0.05, 0.1) is 7.11 Å². The van der Waals surface area contributed by atoms with E-state index in [2.05, 4.69) is 0 Å². The predicted molar refractivity (Wildman–Crippen MR) is 96.9 cm³/mol. The Bertz CT molecular complexity index is 779. The number of rotatable bonds is 7. The predicted octanol–water partition coefficient (Wildman–Crippen LogP) is 3.38. The lowest BCUT2D eigenvalue weighted by molar-refractivity contribution is -0.144. The molecule has 0 aromatic heterocycles. The van der Waals surface area contributed by atoms with Crippen LogP contribution in [-0.2, 0) is 22.4 Å². The number of hydrogen-bond donors (Lipinski definition) is 0. The van der Waals surface area contributed by atoms with Gasteiger partial charge >= 0.3 is 5.97 Å². The summed E-state index contributed by atoms with van der Waals surface area (Å²) >= 11 is 0. The summed E-state index contributed by atoms with van der Waals surface area (Å²) in [6.45, 7) is -0.520. The van der Waals surface area contributed by atoms with Gasteiger partial charge in [-0.2, -0.15) is 0 Å². The highest BCUT2D eigenvalue weighted by Gasteiger charge is 2.14. The van der Waals surface area contributed by atoms with Crippen molar-refractivity contribution < 1.29 is 23.8 Å². The van der Waals surface area contributed by atoms with Crippen LogP contribution in [0.5, 0.6) is 11.5 Å². The summed E-state index contributed by atoms with van der Waals surface area (Å²) in [5.41, 5.74) is 3.14. The number of carbonyl (C=O) groups excluding carboxylic acids is 2. The molecule has 0 amide bonds. The van der Waals surface area contributed by atoms with Crippen molar-refractivity contribution in [3.8, 4) is 11.5 Å². The van der Waals surface area contributed by atoms with Gasteiger partial charge in [-0.3, -0.25) is 4.79 Å². The van der Waals surface area contributed by atoms with Crippen molar-refractivity contribution >= 4 is 11.8 Å². The van der Waals surface area contributed by atoms with Gasteiger partial charge in [0.15, 0.2) is 19.0 Å². The van der Waals surface area contributed by atoms with Crippen LogP contribution in [-0.4, -0.2) is 32.1 Å².